The highest BCUT2D eigenvalue weighted by Gasteiger charge is 2.24. The molecule has 3 rings (SSSR count). The van der Waals surface area contributed by atoms with Gasteiger partial charge >= 0.3 is 0 Å². The predicted molar refractivity (Wildman–Crippen MR) is 139 cm³/mol. The SMILES string of the molecule is Cc1ccc(OCc2cccc(NC(=O)CNC(=O)C(C)NC(=O)CCN3C(=O)C=CC3=O)c2)c(F)c1C(O)O. The van der Waals surface area contributed by atoms with Crippen molar-refractivity contribution in [2.75, 3.05) is 18.4 Å². The predicted octanol–water partition coefficient (Wildman–Crippen LogP) is 0.571. The quantitative estimate of drug-likeness (QED) is 0.186. The Morgan fingerprint density at radius 1 is 1.05 bits per heavy atom. The summed E-state index contributed by atoms with van der Waals surface area (Å²) in [6, 6.07) is 8.41. The van der Waals surface area contributed by atoms with Gasteiger partial charge in [-0.15, -0.1) is 0 Å². The van der Waals surface area contributed by atoms with Gasteiger partial charge in [0.25, 0.3) is 11.8 Å². The molecule has 1 atom stereocenters. The normalized spacial score (nSPS) is 13.4. The van der Waals surface area contributed by atoms with E-state index in [1.54, 1.807) is 24.3 Å². The lowest BCUT2D eigenvalue weighted by Gasteiger charge is -2.16. The number of carbonyl (C=O) groups is 5. The fraction of sp³-hybridized carbons (Fsp3) is 0.296. The Kier molecular flexibility index (Phi) is 10.1. The van der Waals surface area contributed by atoms with Crippen LogP contribution in [0.3, 0.4) is 0 Å². The topological polar surface area (TPSA) is 174 Å². The number of amides is 5. The molecule has 0 spiro atoms. The summed E-state index contributed by atoms with van der Waals surface area (Å²) in [6.07, 6.45) is 0.0501. The van der Waals surface area contributed by atoms with Crippen LogP contribution in [0.15, 0.2) is 48.6 Å². The standard InChI is InChI=1S/C27H29FN4O8/c1-15-6-7-19(25(28)24(15)27(38)39)40-14-17-4-3-5-18(12-17)31-21(34)13-29-26(37)16(2)30-20(33)10-11-32-22(35)8-9-23(32)36/h3-9,12,16,27,38-39H,10-11,13-14H2,1-2H3,(H,29,37)(H,30,33)(H,31,34). The average Bonchev–Trinajstić information content (AvgIpc) is 3.22. The van der Waals surface area contributed by atoms with Crippen molar-refractivity contribution in [3.8, 4) is 5.75 Å². The molecule has 5 N–H and O–H groups in total. The van der Waals surface area contributed by atoms with Gasteiger partial charge in [-0.2, -0.15) is 0 Å². The van der Waals surface area contributed by atoms with Crippen molar-refractivity contribution in [3.05, 3.63) is 71.1 Å². The number of anilines is 1. The zero-order valence-electron chi connectivity index (χ0n) is 21.8. The number of nitrogens with zero attached hydrogens (tertiary/aromatic N) is 1. The summed E-state index contributed by atoms with van der Waals surface area (Å²) in [7, 11) is 0. The van der Waals surface area contributed by atoms with Crippen molar-refractivity contribution in [2.24, 2.45) is 0 Å². The molecule has 1 aliphatic rings. The van der Waals surface area contributed by atoms with Crippen LogP contribution in [0.2, 0.25) is 0 Å². The smallest absolute Gasteiger partial charge is 0.253 e. The molecule has 0 saturated carbocycles. The Labute approximate surface area is 228 Å². The van der Waals surface area contributed by atoms with E-state index in [0.717, 1.165) is 17.1 Å². The van der Waals surface area contributed by atoms with E-state index in [0.29, 0.717) is 16.8 Å². The third-order valence-corrected chi connectivity index (χ3v) is 5.88. The Morgan fingerprint density at radius 2 is 1.75 bits per heavy atom. The van der Waals surface area contributed by atoms with Crippen LogP contribution in [0.5, 0.6) is 5.75 Å². The summed E-state index contributed by atoms with van der Waals surface area (Å²) in [5, 5.41) is 26.2. The summed E-state index contributed by atoms with van der Waals surface area (Å²) in [5.41, 5.74) is 1.05. The van der Waals surface area contributed by atoms with Crippen LogP contribution < -0.4 is 20.7 Å². The Morgan fingerprint density at radius 3 is 2.42 bits per heavy atom. The van der Waals surface area contributed by atoms with E-state index in [1.165, 1.54) is 26.0 Å². The van der Waals surface area contributed by atoms with E-state index in [-0.39, 0.29) is 37.4 Å². The minimum atomic E-state index is -1.99. The molecule has 212 valence electrons. The molecule has 40 heavy (non-hydrogen) atoms. The van der Waals surface area contributed by atoms with E-state index >= 15 is 0 Å². The van der Waals surface area contributed by atoms with Crippen LogP contribution >= 0.6 is 0 Å². The van der Waals surface area contributed by atoms with Gasteiger partial charge in [0.1, 0.15) is 12.6 Å². The third kappa shape index (κ3) is 7.94. The van der Waals surface area contributed by atoms with Gasteiger partial charge in [0.2, 0.25) is 17.7 Å². The number of aliphatic hydroxyl groups is 2. The van der Waals surface area contributed by atoms with Crippen LogP contribution in [0.25, 0.3) is 0 Å². The van der Waals surface area contributed by atoms with Crippen molar-refractivity contribution in [3.63, 3.8) is 0 Å². The number of aryl methyl sites for hydroxylation is 1. The van der Waals surface area contributed by atoms with Gasteiger partial charge in [-0.3, -0.25) is 28.9 Å². The second-order valence-corrected chi connectivity index (χ2v) is 8.94. The molecule has 0 aromatic heterocycles. The lowest BCUT2D eigenvalue weighted by Crippen LogP contribution is -2.47. The lowest BCUT2D eigenvalue weighted by atomic mass is 10.1. The van der Waals surface area contributed by atoms with Gasteiger partial charge in [0.15, 0.2) is 17.9 Å². The molecule has 5 amide bonds. The van der Waals surface area contributed by atoms with Crippen LogP contribution in [0, 0.1) is 12.7 Å². The summed E-state index contributed by atoms with van der Waals surface area (Å²) in [5.74, 6) is -3.78. The highest BCUT2D eigenvalue weighted by atomic mass is 19.1. The Bertz CT molecular complexity index is 1330. The number of hydrogen-bond donors (Lipinski definition) is 5. The maximum absolute atomic E-state index is 14.6. The number of ether oxygens (including phenoxy) is 1. The highest BCUT2D eigenvalue weighted by Crippen LogP contribution is 2.28. The van der Waals surface area contributed by atoms with E-state index in [4.69, 9.17) is 4.74 Å². The summed E-state index contributed by atoms with van der Waals surface area (Å²) >= 11 is 0. The van der Waals surface area contributed by atoms with E-state index in [2.05, 4.69) is 16.0 Å². The summed E-state index contributed by atoms with van der Waals surface area (Å²) < 4.78 is 20.0. The van der Waals surface area contributed by atoms with Crippen LogP contribution in [0.1, 0.15) is 36.3 Å². The third-order valence-electron chi connectivity index (χ3n) is 5.88. The van der Waals surface area contributed by atoms with Gasteiger partial charge in [-0.05, 0) is 43.2 Å². The van der Waals surface area contributed by atoms with Crippen molar-refractivity contribution in [2.45, 2.75) is 39.2 Å². The molecule has 2 aromatic rings. The molecule has 0 bridgehead atoms. The van der Waals surface area contributed by atoms with Crippen molar-refractivity contribution < 1.29 is 43.3 Å². The molecule has 0 fully saturated rings. The molecule has 0 radical (unpaired) electrons. The second kappa shape index (κ2) is 13.4. The zero-order chi connectivity index (χ0) is 29.4. The number of aliphatic hydroxyl groups excluding tert-OH is 1. The van der Waals surface area contributed by atoms with Crippen molar-refractivity contribution in [1.82, 2.24) is 15.5 Å². The number of halogens is 1. The highest BCUT2D eigenvalue weighted by molar-refractivity contribution is 6.13. The monoisotopic (exact) mass is 556 g/mol. The average molecular weight is 557 g/mol. The zero-order valence-corrected chi connectivity index (χ0v) is 21.8. The summed E-state index contributed by atoms with van der Waals surface area (Å²) in [4.78, 5) is 60.6. The number of hydrogen-bond acceptors (Lipinski definition) is 8. The molecular weight excluding hydrogens is 527 g/mol. The first-order chi connectivity index (χ1) is 19.0. The number of rotatable bonds is 12. The van der Waals surface area contributed by atoms with Gasteiger partial charge in [0, 0.05) is 36.4 Å². The molecular formula is C27H29FN4O8. The largest absolute Gasteiger partial charge is 0.486 e. The molecule has 12 nitrogen and oxygen atoms in total. The molecule has 2 aromatic carbocycles. The maximum atomic E-state index is 14.6. The van der Waals surface area contributed by atoms with Crippen molar-refractivity contribution >= 4 is 35.2 Å². The van der Waals surface area contributed by atoms with Crippen LogP contribution in [-0.2, 0) is 30.6 Å². The fourth-order valence-corrected chi connectivity index (χ4v) is 3.77. The second-order valence-electron chi connectivity index (χ2n) is 8.94. The molecule has 1 unspecified atom stereocenters. The lowest BCUT2D eigenvalue weighted by molar-refractivity contribution is -0.137. The van der Waals surface area contributed by atoms with Gasteiger partial charge in [-0.25, -0.2) is 4.39 Å². The Hall–Kier alpha value is -4.62. The van der Waals surface area contributed by atoms with E-state index in [1.807, 2.05) is 0 Å². The fourth-order valence-electron chi connectivity index (χ4n) is 3.77. The van der Waals surface area contributed by atoms with Crippen LogP contribution in [-0.4, -0.2) is 63.8 Å². The maximum Gasteiger partial charge on any atom is 0.253 e. The Balaban J connectivity index is 1.44. The number of benzene rings is 2. The molecule has 0 saturated heterocycles. The molecule has 1 aliphatic heterocycles. The van der Waals surface area contributed by atoms with Gasteiger partial charge in [-0.1, -0.05) is 18.2 Å². The molecule has 1 heterocycles. The molecule has 13 heteroatoms. The minimum absolute atomic E-state index is 0.0742. The van der Waals surface area contributed by atoms with Crippen molar-refractivity contribution in [1.29, 1.82) is 0 Å². The van der Waals surface area contributed by atoms with Gasteiger partial charge < -0.3 is 30.9 Å². The number of imide groups is 1. The van der Waals surface area contributed by atoms with Crippen LogP contribution in [0.4, 0.5) is 10.1 Å². The van der Waals surface area contributed by atoms with E-state index < -0.39 is 47.7 Å². The molecule has 0 aliphatic carbocycles. The first-order valence-electron chi connectivity index (χ1n) is 12.2. The number of carbonyl (C=O) groups excluding carboxylic acids is 5. The summed E-state index contributed by atoms with van der Waals surface area (Å²) in [6.45, 7) is 2.38. The first kappa shape index (κ1) is 29.9. The minimum Gasteiger partial charge on any atom is -0.486 e. The van der Waals surface area contributed by atoms with E-state index in [9.17, 15) is 38.6 Å². The first-order valence-corrected chi connectivity index (χ1v) is 12.2. The van der Waals surface area contributed by atoms with Gasteiger partial charge in [0.05, 0.1) is 6.54 Å². The number of nitrogens with one attached hydrogen (secondary N) is 3.